The Bertz CT molecular complexity index is 2500. The van der Waals surface area contributed by atoms with E-state index in [0.29, 0.717) is 11.8 Å². The monoisotopic (exact) mass is 776 g/mol. The quantitative estimate of drug-likeness (QED) is 0.144. The minimum atomic E-state index is 0.690. The molecule has 60 heavy (non-hydrogen) atoms. The summed E-state index contributed by atoms with van der Waals surface area (Å²) in [7, 11) is 0. The first-order valence-corrected chi connectivity index (χ1v) is 22.9. The van der Waals surface area contributed by atoms with Crippen molar-refractivity contribution in [1.82, 2.24) is 0 Å². The summed E-state index contributed by atoms with van der Waals surface area (Å²) in [5.41, 5.74) is 18.5. The zero-order valence-electron chi connectivity index (χ0n) is 35.0. The molecule has 0 atom stereocenters. The number of hydrogen-bond acceptors (Lipinski definition) is 0. The lowest BCUT2D eigenvalue weighted by atomic mass is 9.78. The highest BCUT2D eigenvalue weighted by Gasteiger charge is 2.25. The lowest BCUT2D eigenvalue weighted by Crippen LogP contribution is -2.18. The molecule has 8 aromatic rings. The average molecular weight is 777 g/mol. The van der Waals surface area contributed by atoms with Crippen molar-refractivity contribution >= 4 is 21.5 Å². The number of hydrogen-bond donors (Lipinski definition) is 0. The maximum Gasteiger partial charge on any atom is -0.0120 e. The van der Waals surface area contributed by atoms with E-state index < -0.39 is 0 Å². The van der Waals surface area contributed by atoms with E-state index in [4.69, 9.17) is 0 Å². The molecule has 0 heteroatoms. The van der Waals surface area contributed by atoms with Crippen molar-refractivity contribution in [2.24, 2.45) is 23.7 Å². The van der Waals surface area contributed by atoms with Gasteiger partial charge in [-0.1, -0.05) is 170 Å². The van der Waals surface area contributed by atoms with Crippen LogP contribution in [-0.4, -0.2) is 0 Å². The zero-order valence-corrected chi connectivity index (χ0v) is 35.0. The van der Waals surface area contributed by atoms with Gasteiger partial charge in [-0.05, 0) is 189 Å². The van der Waals surface area contributed by atoms with Gasteiger partial charge in [0.15, 0.2) is 0 Å². The van der Waals surface area contributed by atoms with Crippen molar-refractivity contribution in [3.8, 4) is 0 Å². The van der Waals surface area contributed by atoms with Gasteiger partial charge in [0.05, 0.1) is 0 Å². The maximum atomic E-state index is 2.50. The Kier molecular flexibility index (Phi) is 10.2. The molecule has 296 valence electrons. The fraction of sp³-hybridized carbons (Fsp3) is 0.267. The molecule has 0 heterocycles. The van der Waals surface area contributed by atoms with Gasteiger partial charge in [0, 0.05) is 0 Å². The molecule has 0 aliphatic heterocycles. The highest BCUT2D eigenvalue weighted by Crippen LogP contribution is 2.36. The largest absolute Gasteiger partial charge is 0.0620 e. The average Bonchev–Trinajstić information content (AvgIpc) is 3.88. The highest BCUT2D eigenvalue weighted by molar-refractivity contribution is 5.90. The fourth-order valence-corrected chi connectivity index (χ4v) is 12.1. The summed E-state index contributed by atoms with van der Waals surface area (Å²) in [4.78, 5) is 0. The van der Waals surface area contributed by atoms with E-state index in [-0.39, 0.29) is 0 Å². The van der Waals surface area contributed by atoms with Crippen molar-refractivity contribution in [2.75, 3.05) is 0 Å². The van der Waals surface area contributed by atoms with Gasteiger partial charge in [-0.15, -0.1) is 0 Å². The summed E-state index contributed by atoms with van der Waals surface area (Å²) in [6, 6.07) is 64.2. The van der Waals surface area contributed by atoms with Crippen LogP contribution in [0.2, 0.25) is 0 Å². The molecule has 0 saturated heterocycles. The van der Waals surface area contributed by atoms with Crippen LogP contribution >= 0.6 is 0 Å². The summed E-state index contributed by atoms with van der Waals surface area (Å²) in [5, 5.41) is 5.84. The second-order valence-corrected chi connectivity index (χ2v) is 19.0. The van der Waals surface area contributed by atoms with Crippen LogP contribution in [-0.2, 0) is 77.0 Å². The lowest BCUT2D eigenvalue weighted by Gasteiger charge is -2.26. The highest BCUT2D eigenvalue weighted by atomic mass is 14.3. The number of rotatable bonds is 8. The molecule has 0 aromatic heterocycles. The third kappa shape index (κ3) is 7.86. The van der Waals surface area contributed by atoms with Gasteiger partial charge in [-0.2, -0.15) is 0 Å². The Balaban J connectivity index is 0.000000141. The summed E-state index contributed by atoms with van der Waals surface area (Å²) < 4.78 is 0. The van der Waals surface area contributed by atoms with Crippen LogP contribution in [0.15, 0.2) is 170 Å². The van der Waals surface area contributed by atoms with Crippen LogP contribution in [0.1, 0.15) is 66.8 Å². The Morgan fingerprint density at radius 2 is 0.483 bits per heavy atom. The smallest absolute Gasteiger partial charge is 0.0120 e. The summed E-state index contributed by atoms with van der Waals surface area (Å²) in [6.45, 7) is 0. The molecule has 0 saturated carbocycles. The van der Waals surface area contributed by atoms with E-state index in [2.05, 4.69) is 170 Å². The van der Waals surface area contributed by atoms with Crippen LogP contribution in [0, 0.1) is 23.7 Å². The van der Waals surface area contributed by atoms with E-state index >= 15 is 0 Å². The fourth-order valence-electron chi connectivity index (χ4n) is 12.1. The third-order valence-corrected chi connectivity index (χ3v) is 14.5. The molecule has 0 unspecified atom stereocenters. The van der Waals surface area contributed by atoms with Crippen LogP contribution in [0.3, 0.4) is 0 Å². The lowest BCUT2D eigenvalue weighted by molar-refractivity contribution is 0.505. The molecule has 0 radical (unpaired) electrons. The van der Waals surface area contributed by atoms with E-state index in [1.54, 1.807) is 22.3 Å². The van der Waals surface area contributed by atoms with Gasteiger partial charge in [-0.25, -0.2) is 0 Å². The molecule has 4 aliphatic carbocycles. The molecule has 4 aliphatic rings. The molecule has 12 rings (SSSR count). The van der Waals surface area contributed by atoms with Crippen LogP contribution in [0.25, 0.3) is 21.5 Å². The topological polar surface area (TPSA) is 0 Å². The van der Waals surface area contributed by atoms with Gasteiger partial charge in [0.1, 0.15) is 0 Å². The Morgan fingerprint density at radius 3 is 0.767 bits per heavy atom. The summed E-state index contributed by atoms with van der Waals surface area (Å²) >= 11 is 0. The van der Waals surface area contributed by atoms with Gasteiger partial charge < -0.3 is 0 Å². The second kappa shape index (κ2) is 16.4. The zero-order chi connectivity index (χ0) is 39.8. The molecule has 0 N–H and O–H groups in total. The van der Waals surface area contributed by atoms with E-state index in [0.717, 1.165) is 11.8 Å². The van der Waals surface area contributed by atoms with E-state index in [1.807, 2.05) is 0 Å². The minimum absolute atomic E-state index is 0.690. The van der Waals surface area contributed by atoms with E-state index in [9.17, 15) is 0 Å². The van der Waals surface area contributed by atoms with Crippen molar-refractivity contribution in [3.05, 3.63) is 237 Å². The van der Waals surface area contributed by atoms with Crippen molar-refractivity contribution < 1.29 is 0 Å². The molecule has 0 nitrogen and oxygen atoms in total. The SMILES string of the molecule is c1cc(CC2Cc3cccc4cccc(c34)C2)cc(CC2Cc3cccc4cccc(c34)C2)c1.c1cc(CC2Cc3ccccc3C2)cc(CC2Cc3ccccc3C2)c1. The van der Waals surface area contributed by atoms with Crippen LogP contribution in [0.5, 0.6) is 0 Å². The molecule has 0 amide bonds. The normalized spacial score (nSPS) is 16.1. The molecule has 0 spiro atoms. The van der Waals surface area contributed by atoms with Crippen molar-refractivity contribution in [3.63, 3.8) is 0 Å². The predicted molar refractivity (Wildman–Crippen MR) is 252 cm³/mol. The maximum absolute atomic E-state index is 2.50. The minimum Gasteiger partial charge on any atom is -0.0620 e. The Hall–Kier alpha value is -5.72. The first-order chi connectivity index (χ1) is 29.6. The third-order valence-electron chi connectivity index (χ3n) is 14.5. The van der Waals surface area contributed by atoms with Crippen molar-refractivity contribution in [2.45, 2.75) is 77.0 Å². The van der Waals surface area contributed by atoms with Crippen molar-refractivity contribution in [1.29, 1.82) is 0 Å². The van der Waals surface area contributed by atoms with Gasteiger partial charge in [0.25, 0.3) is 0 Å². The second-order valence-electron chi connectivity index (χ2n) is 19.0. The number of fused-ring (bicyclic) bond motifs is 2. The molecule has 0 fully saturated rings. The Labute approximate surface area is 357 Å². The standard InChI is InChI=1S/C34H30.C26H26/c1-6-23(17-25-19-29-12-2-8-27-9-3-13-30(20-25)33(27)29)16-24(7-1)18-26-21-31-14-4-10-28-11-5-15-32(22-26)34(28)31;1-2-9-24-16-21(15-23(24)8-1)13-19-6-5-7-20(12-19)14-22-17-25-10-3-4-11-26(25)18-22/h1-16,25-26H,17-22H2;1-12,21-22H,13-18H2. The number of benzene rings is 8. The Morgan fingerprint density at radius 1 is 0.250 bits per heavy atom. The molecule has 0 bridgehead atoms. The summed E-state index contributed by atoms with van der Waals surface area (Å²) in [5.74, 6) is 2.93. The first kappa shape index (κ1) is 37.3. The molecular formula is C60H56. The van der Waals surface area contributed by atoms with Crippen LogP contribution < -0.4 is 0 Å². The first-order valence-electron chi connectivity index (χ1n) is 22.9. The predicted octanol–water partition coefficient (Wildman–Crippen LogP) is 13.5. The molecule has 8 aromatic carbocycles. The van der Waals surface area contributed by atoms with Crippen LogP contribution in [0.4, 0.5) is 0 Å². The summed E-state index contributed by atoms with van der Waals surface area (Å²) in [6.07, 6.45) is 14.6. The van der Waals surface area contributed by atoms with Gasteiger partial charge in [0.2, 0.25) is 0 Å². The van der Waals surface area contributed by atoms with E-state index in [1.165, 1.54) is 143 Å². The molecular weight excluding hydrogens is 721 g/mol. The van der Waals surface area contributed by atoms with Gasteiger partial charge >= 0.3 is 0 Å². The van der Waals surface area contributed by atoms with Gasteiger partial charge in [-0.3, -0.25) is 0 Å².